The molecule has 186 valence electrons. The molecule has 0 unspecified atom stereocenters. The van der Waals surface area contributed by atoms with Crippen molar-refractivity contribution in [1.29, 1.82) is 0 Å². The molecule has 2 aliphatic rings. The molecule has 0 saturated carbocycles. The second-order valence-corrected chi connectivity index (χ2v) is 11.6. The predicted octanol–water partition coefficient (Wildman–Crippen LogP) is 8.73. The summed E-state index contributed by atoms with van der Waals surface area (Å²) in [5, 5.41) is 0. The second kappa shape index (κ2) is 8.69. The Bertz CT molecular complexity index is 1580. The van der Waals surface area contributed by atoms with Crippen LogP contribution in [0.2, 0.25) is 0 Å². The Morgan fingerprint density at radius 2 is 0.947 bits per heavy atom. The number of anilines is 1. The van der Waals surface area contributed by atoms with Crippen LogP contribution in [0.25, 0.3) is 11.5 Å². The van der Waals surface area contributed by atoms with Crippen LogP contribution >= 0.6 is 7.66 Å². The first-order chi connectivity index (χ1) is 18.7. The van der Waals surface area contributed by atoms with E-state index in [2.05, 4.69) is 12.1 Å². The van der Waals surface area contributed by atoms with Gasteiger partial charge in [0.2, 0.25) is 0 Å². The molecular weight excluding hydrogens is 493 g/mol. The summed E-state index contributed by atoms with van der Waals surface area (Å²) in [7, 11) is -4.69. The summed E-state index contributed by atoms with van der Waals surface area (Å²) in [6.45, 7) is 0. The van der Waals surface area contributed by atoms with Crippen LogP contribution in [0, 0.1) is 0 Å². The molecule has 0 saturated heterocycles. The topological polar surface area (TPSA) is 40.2 Å². The number of benzene rings is 5. The van der Waals surface area contributed by atoms with E-state index in [9.17, 15) is 0 Å². The van der Waals surface area contributed by atoms with Gasteiger partial charge in [-0.3, -0.25) is 0 Å². The molecular formula is C32H24NO4P. The van der Waals surface area contributed by atoms with E-state index in [1.165, 1.54) is 0 Å². The Hall–Kier alpha value is -4.73. The Balaban J connectivity index is 1.55. The second-order valence-electron chi connectivity index (χ2n) is 8.95. The van der Waals surface area contributed by atoms with Crippen molar-refractivity contribution in [3.05, 3.63) is 157 Å². The van der Waals surface area contributed by atoms with Crippen molar-refractivity contribution < 1.29 is 18.1 Å². The molecule has 5 aromatic carbocycles. The van der Waals surface area contributed by atoms with E-state index in [0.29, 0.717) is 23.0 Å². The molecule has 7 rings (SSSR count). The van der Waals surface area contributed by atoms with Gasteiger partial charge in [0.05, 0.1) is 0 Å². The fraction of sp³-hybridized carbons (Fsp3) is 0. The van der Waals surface area contributed by atoms with Gasteiger partial charge < -0.3 is 0 Å². The summed E-state index contributed by atoms with van der Waals surface area (Å²) in [5.74, 6) is 2.38. The molecule has 38 heavy (non-hydrogen) atoms. The molecule has 0 spiro atoms. The molecule has 0 bridgehead atoms. The molecule has 0 radical (unpaired) electrons. The predicted molar refractivity (Wildman–Crippen MR) is 151 cm³/mol. The van der Waals surface area contributed by atoms with Crippen molar-refractivity contribution in [2.24, 2.45) is 0 Å². The van der Waals surface area contributed by atoms with Gasteiger partial charge in [0, 0.05) is 0 Å². The fourth-order valence-electron chi connectivity index (χ4n) is 4.84. The molecule has 2 aliphatic heterocycles. The number of fused-ring (bicyclic) bond motifs is 3. The number of hydrogen-bond donors (Lipinski definition) is 0. The van der Waals surface area contributed by atoms with Gasteiger partial charge in [0.15, 0.2) is 0 Å². The number of para-hydroxylation sites is 4. The normalized spacial score (nSPS) is 17.3. The van der Waals surface area contributed by atoms with Gasteiger partial charge in [0.25, 0.3) is 0 Å². The summed E-state index contributed by atoms with van der Waals surface area (Å²) < 4.78 is 29.8. The van der Waals surface area contributed by atoms with Crippen LogP contribution in [-0.2, 0) is 4.52 Å². The molecule has 0 N–H and O–H groups in total. The monoisotopic (exact) mass is 517 g/mol. The summed E-state index contributed by atoms with van der Waals surface area (Å²) >= 11 is 0. The van der Waals surface area contributed by atoms with Crippen LogP contribution in [0.1, 0.15) is 11.1 Å². The maximum absolute atomic E-state index is 7.07. The van der Waals surface area contributed by atoms with Gasteiger partial charge in [0.1, 0.15) is 0 Å². The third-order valence-electron chi connectivity index (χ3n) is 6.43. The van der Waals surface area contributed by atoms with E-state index in [0.717, 1.165) is 22.5 Å². The molecule has 0 amide bonds. The van der Waals surface area contributed by atoms with E-state index in [1.54, 1.807) is 0 Å². The SMILES string of the molecule is c1ccc(OP23(Oc4ccccc4)OC(c4ccccc4)=C(c4ccccc4)N2c2ccccc2O3)cc1. The summed E-state index contributed by atoms with van der Waals surface area (Å²) in [6.07, 6.45) is 0. The van der Waals surface area contributed by atoms with Crippen LogP contribution in [0.3, 0.4) is 0 Å². The van der Waals surface area contributed by atoms with Crippen LogP contribution < -0.4 is 18.2 Å². The van der Waals surface area contributed by atoms with Gasteiger partial charge in [-0.2, -0.15) is 0 Å². The summed E-state index contributed by atoms with van der Waals surface area (Å²) in [4.78, 5) is 0. The first-order valence-corrected chi connectivity index (χ1v) is 14.3. The molecule has 6 heteroatoms. The first-order valence-electron chi connectivity index (χ1n) is 12.4. The molecule has 0 atom stereocenters. The minimum absolute atomic E-state index is 0.570. The third-order valence-corrected chi connectivity index (χ3v) is 9.52. The molecule has 5 aromatic rings. The quantitative estimate of drug-likeness (QED) is 0.211. The molecule has 5 nitrogen and oxygen atoms in total. The van der Waals surface area contributed by atoms with Crippen molar-refractivity contribution in [3.63, 3.8) is 0 Å². The average molecular weight is 518 g/mol. The van der Waals surface area contributed by atoms with Gasteiger partial charge >= 0.3 is 222 Å². The van der Waals surface area contributed by atoms with Crippen molar-refractivity contribution in [2.75, 3.05) is 4.67 Å². The van der Waals surface area contributed by atoms with Gasteiger partial charge in [-0.05, 0) is 0 Å². The van der Waals surface area contributed by atoms with Crippen LogP contribution in [-0.4, -0.2) is 0 Å². The summed E-state index contributed by atoms with van der Waals surface area (Å²) in [6, 6.07) is 47.1. The zero-order valence-electron chi connectivity index (χ0n) is 20.4. The van der Waals surface area contributed by atoms with Crippen molar-refractivity contribution in [1.82, 2.24) is 0 Å². The van der Waals surface area contributed by atoms with Crippen molar-refractivity contribution >= 4 is 24.8 Å². The Kier molecular flexibility index (Phi) is 5.14. The molecule has 0 fully saturated rings. The zero-order chi connectivity index (χ0) is 25.4. The Labute approximate surface area is 221 Å². The summed E-state index contributed by atoms with van der Waals surface area (Å²) in [5.41, 5.74) is 3.46. The maximum atomic E-state index is 7.07. The molecule has 0 aromatic heterocycles. The van der Waals surface area contributed by atoms with Gasteiger partial charge in [-0.25, -0.2) is 0 Å². The van der Waals surface area contributed by atoms with Crippen LogP contribution in [0.5, 0.6) is 17.2 Å². The van der Waals surface area contributed by atoms with Crippen LogP contribution in [0.15, 0.2) is 146 Å². The van der Waals surface area contributed by atoms with E-state index in [1.807, 2.05) is 138 Å². The van der Waals surface area contributed by atoms with E-state index in [4.69, 9.17) is 18.1 Å². The number of rotatable bonds is 6. The zero-order valence-corrected chi connectivity index (χ0v) is 21.3. The molecule has 2 heterocycles. The number of nitrogens with zero attached hydrogens (tertiary/aromatic N) is 1. The van der Waals surface area contributed by atoms with E-state index >= 15 is 0 Å². The standard InChI is InChI=1S/C32H24NO4P/c1-5-15-25(16-6-1)31-32(26-17-7-2-8-18-26)37-38(34-27-19-9-3-10-20-27,35-28-21-11-4-12-22-28)33(31)29-23-13-14-24-30(29)36-38/h1-24H. The first kappa shape index (κ1) is 22.5. The van der Waals surface area contributed by atoms with E-state index < -0.39 is 7.66 Å². The van der Waals surface area contributed by atoms with Crippen molar-refractivity contribution in [2.45, 2.75) is 0 Å². The minimum atomic E-state index is -4.69. The van der Waals surface area contributed by atoms with Gasteiger partial charge in [-0.1, -0.05) is 0 Å². The van der Waals surface area contributed by atoms with Crippen LogP contribution in [0.4, 0.5) is 5.69 Å². The average Bonchev–Trinajstić information content (AvgIpc) is 3.41. The Morgan fingerprint density at radius 1 is 0.474 bits per heavy atom. The Morgan fingerprint density at radius 3 is 1.53 bits per heavy atom. The van der Waals surface area contributed by atoms with E-state index in [-0.39, 0.29) is 0 Å². The van der Waals surface area contributed by atoms with Gasteiger partial charge in [-0.15, -0.1) is 0 Å². The fourth-order valence-corrected chi connectivity index (χ4v) is 8.37. The number of hydrogen-bond acceptors (Lipinski definition) is 5. The molecule has 0 aliphatic carbocycles. The third kappa shape index (κ3) is 3.52. The van der Waals surface area contributed by atoms with Crippen molar-refractivity contribution in [3.8, 4) is 17.2 Å².